The van der Waals surface area contributed by atoms with Gasteiger partial charge in [0.1, 0.15) is 0 Å². The van der Waals surface area contributed by atoms with Crippen molar-refractivity contribution in [2.24, 2.45) is 0 Å². The molecule has 5 rings (SSSR count). The number of amides is 2. The van der Waals surface area contributed by atoms with E-state index in [2.05, 4.69) is 10.3 Å². The lowest BCUT2D eigenvalue weighted by Gasteiger charge is -2.50. The van der Waals surface area contributed by atoms with Crippen LogP contribution in [0, 0.1) is 0 Å². The van der Waals surface area contributed by atoms with E-state index < -0.39 is 11.5 Å². The molecule has 2 heterocycles. The van der Waals surface area contributed by atoms with E-state index in [4.69, 9.17) is 0 Å². The maximum Gasteiger partial charge on any atom is 0.254 e. The highest BCUT2D eigenvalue weighted by Crippen LogP contribution is 2.51. The molecule has 3 aromatic rings. The number of carbonyl (C=O) groups is 2. The quantitative estimate of drug-likeness (QED) is 0.672. The molecule has 0 unspecified atom stereocenters. The zero-order valence-corrected chi connectivity index (χ0v) is 17.3. The van der Waals surface area contributed by atoms with Crippen LogP contribution >= 0.6 is 0 Å². The summed E-state index contributed by atoms with van der Waals surface area (Å²) in [6, 6.07) is 21.2. The van der Waals surface area contributed by atoms with E-state index in [0.29, 0.717) is 12.1 Å². The highest BCUT2D eigenvalue weighted by atomic mass is 16.2. The smallest absolute Gasteiger partial charge is 0.254 e. The third-order valence-electron chi connectivity index (χ3n) is 6.69. The Kier molecular flexibility index (Phi) is 5.02. The predicted octanol–water partition coefficient (Wildman–Crippen LogP) is 4.77. The van der Waals surface area contributed by atoms with Crippen LogP contribution in [0.1, 0.15) is 53.1 Å². The van der Waals surface area contributed by atoms with Crippen molar-refractivity contribution in [1.82, 2.24) is 9.88 Å². The summed E-state index contributed by atoms with van der Waals surface area (Å²) in [5, 5.41) is 3.09. The summed E-state index contributed by atoms with van der Waals surface area (Å²) in [5.74, 6) is -0.457. The lowest BCUT2D eigenvalue weighted by atomic mass is 9.71. The number of pyridine rings is 1. The molecule has 0 radical (unpaired) electrons. The molecule has 1 aliphatic carbocycles. The molecular weight excluding hydrogens is 386 g/mol. The highest BCUT2D eigenvalue weighted by molar-refractivity contribution is 6.05. The van der Waals surface area contributed by atoms with Gasteiger partial charge in [0.25, 0.3) is 5.91 Å². The lowest BCUT2D eigenvalue weighted by Crippen LogP contribution is -2.59. The molecule has 31 heavy (non-hydrogen) atoms. The topological polar surface area (TPSA) is 62.3 Å². The number of nitrogens with one attached hydrogen (secondary N) is 1. The number of anilines is 1. The molecule has 156 valence electrons. The van der Waals surface area contributed by atoms with E-state index in [-0.39, 0.29) is 11.8 Å². The van der Waals surface area contributed by atoms with Gasteiger partial charge in [-0.2, -0.15) is 0 Å². The maximum absolute atomic E-state index is 13.7. The van der Waals surface area contributed by atoms with Crippen LogP contribution in [0.3, 0.4) is 0 Å². The first-order valence-electron chi connectivity index (χ1n) is 10.8. The predicted molar refractivity (Wildman–Crippen MR) is 120 cm³/mol. The third-order valence-corrected chi connectivity index (χ3v) is 6.69. The summed E-state index contributed by atoms with van der Waals surface area (Å²) in [6.07, 6.45) is 7.02. The Balaban J connectivity index is 1.61. The van der Waals surface area contributed by atoms with Gasteiger partial charge >= 0.3 is 0 Å². The summed E-state index contributed by atoms with van der Waals surface area (Å²) >= 11 is 0. The average molecular weight is 412 g/mol. The highest BCUT2D eigenvalue weighted by Gasteiger charge is 2.55. The Morgan fingerprint density at radius 3 is 2.39 bits per heavy atom. The summed E-state index contributed by atoms with van der Waals surface area (Å²) in [7, 11) is 0. The van der Waals surface area contributed by atoms with Crippen LogP contribution < -0.4 is 5.32 Å². The van der Waals surface area contributed by atoms with Crippen molar-refractivity contribution in [1.29, 1.82) is 0 Å². The Morgan fingerprint density at radius 2 is 1.65 bits per heavy atom. The van der Waals surface area contributed by atoms with Gasteiger partial charge < -0.3 is 10.2 Å². The van der Waals surface area contributed by atoms with Gasteiger partial charge in [-0.05, 0) is 42.2 Å². The fourth-order valence-electron chi connectivity index (χ4n) is 5.31. The second-order valence-corrected chi connectivity index (χ2v) is 8.43. The van der Waals surface area contributed by atoms with Crippen molar-refractivity contribution in [3.8, 4) is 0 Å². The number of hydrogen-bond acceptors (Lipinski definition) is 3. The second kappa shape index (κ2) is 7.99. The Hall–Kier alpha value is -3.47. The van der Waals surface area contributed by atoms with Crippen molar-refractivity contribution in [2.45, 2.75) is 43.7 Å². The number of carbonyl (C=O) groups excluding carboxylic acids is 2. The number of fused-ring (bicyclic) bond motifs is 1. The minimum absolute atomic E-state index is 0.0225. The van der Waals surface area contributed by atoms with Gasteiger partial charge in [-0.15, -0.1) is 0 Å². The summed E-state index contributed by atoms with van der Waals surface area (Å²) in [4.78, 5) is 33.4. The SMILES string of the molecule is O=C(Nc1ccncc1)[C@@H]1c2ccccc2C(=O)N(Cc2ccccc2)C12CCCC2. The van der Waals surface area contributed by atoms with Crippen LogP contribution in [0.15, 0.2) is 79.1 Å². The van der Waals surface area contributed by atoms with E-state index in [1.54, 1.807) is 24.5 Å². The van der Waals surface area contributed by atoms with Crippen LogP contribution in [0.4, 0.5) is 5.69 Å². The van der Waals surface area contributed by atoms with Crippen molar-refractivity contribution < 1.29 is 9.59 Å². The number of benzene rings is 2. The summed E-state index contributed by atoms with van der Waals surface area (Å²) in [6.45, 7) is 0.507. The number of nitrogens with zero attached hydrogens (tertiary/aromatic N) is 2. The fraction of sp³-hybridized carbons (Fsp3) is 0.269. The molecule has 2 aromatic carbocycles. The van der Waals surface area contributed by atoms with Gasteiger partial charge in [-0.3, -0.25) is 14.6 Å². The Bertz CT molecular complexity index is 1090. The molecule has 1 aromatic heterocycles. The minimum atomic E-state index is -0.515. The molecule has 5 heteroatoms. The van der Waals surface area contributed by atoms with E-state index in [1.165, 1.54) is 0 Å². The summed E-state index contributed by atoms with van der Waals surface area (Å²) in [5.41, 5.74) is 2.75. The van der Waals surface area contributed by atoms with Crippen LogP contribution in [0.5, 0.6) is 0 Å². The molecule has 1 N–H and O–H groups in total. The van der Waals surface area contributed by atoms with Crippen molar-refractivity contribution >= 4 is 17.5 Å². The van der Waals surface area contributed by atoms with Crippen molar-refractivity contribution in [3.05, 3.63) is 95.8 Å². The van der Waals surface area contributed by atoms with Crippen LogP contribution in [0.2, 0.25) is 0 Å². The van der Waals surface area contributed by atoms with Gasteiger partial charge in [0.05, 0.1) is 11.5 Å². The van der Waals surface area contributed by atoms with Crippen LogP contribution in [0.25, 0.3) is 0 Å². The molecule has 1 aliphatic heterocycles. The van der Waals surface area contributed by atoms with E-state index in [1.807, 2.05) is 59.5 Å². The standard InChI is InChI=1S/C26H25N3O2/c30-24(28-20-12-16-27-17-13-20)23-21-10-4-5-11-22(21)25(31)29(26(23)14-6-7-15-26)18-19-8-2-1-3-9-19/h1-5,8-13,16-17,23H,6-7,14-15,18H2,(H,27,28,30)/t23-/m0/s1. The zero-order chi connectivity index (χ0) is 21.3. The van der Waals surface area contributed by atoms with Gasteiger partial charge in [0.2, 0.25) is 5.91 Å². The van der Waals surface area contributed by atoms with Crippen LogP contribution in [-0.2, 0) is 11.3 Å². The molecule has 2 aliphatic rings. The molecule has 1 fully saturated rings. The van der Waals surface area contributed by atoms with Gasteiger partial charge in [0.15, 0.2) is 0 Å². The molecule has 2 amide bonds. The largest absolute Gasteiger partial charge is 0.327 e. The third kappa shape index (κ3) is 3.40. The normalized spacial score (nSPS) is 19.3. The average Bonchev–Trinajstić information content (AvgIpc) is 3.28. The number of hydrogen-bond donors (Lipinski definition) is 1. The molecular formula is C26H25N3O2. The molecule has 0 saturated heterocycles. The molecule has 0 bridgehead atoms. The Labute approximate surface area is 182 Å². The summed E-state index contributed by atoms with van der Waals surface area (Å²) < 4.78 is 0. The Morgan fingerprint density at radius 1 is 0.968 bits per heavy atom. The molecule has 1 atom stereocenters. The van der Waals surface area contributed by atoms with E-state index >= 15 is 0 Å². The lowest BCUT2D eigenvalue weighted by molar-refractivity contribution is -0.121. The van der Waals surface area contributed by atoms with Crippen LogP contribution in [-0.4, -0.2) is 27.2 Å². The first kappa shape index (κ1) is 19.5. The van der Waals surface area contributed by atoms with E-state index in [0.717, 1.165) is 42.5 Å². The number of rotatable bonds is 4. The second-order valence-electron chi connectivity index (χ2n) is 8.43. The van der Waals surface area contributed by atoms with Gasteiger partial charge in [-0.1, -0.05) is 61.4 Å². The van der Waals surface area contributed by atoms with Gasteiger partial charge in [0, 0.05) is 30.2 Å². The van der Waals surface area contributed by atoms with Crippen molar-refractivity contribution in [2.75, 3.05) is 5.32 Å². The molecule has 1 spiro atoms. The van der Waals surface area contributed by atoms with Gasteiger partial charge in [-0.25, -0.2) is 0 Å². The monoisotopic (exact) mass is 411 g/mol. The maximum atomic E-state index is 13.7. The first-order chi connectivity index (χ1) is 15.2. The minimum Gasteiger partial charge on any atom is -0.327 e. The fourth-order valence-corrected chi connectivity index (χ4v) is 5.31. The molecule has 1 saturated carbocycles. The van der Waals surface area contributed by atoms with Crippen molar-refractivity contribution in [3.63, 3.8) is 0 Å². The number of aromatic nitrogens is 1. The first-order valence-corrected chi connectivity index (χ1v) is 10.8. The zero-order valence-electron chi connectivity index (χ0n) is 17.3. The molecule has 5 nitrogen and oxygen atoms in total. The van der Waals surface area contributed by atoms with E-state index in [9.17, 15) is 9.59 Å².